The third kappa shape index (κ3) is 4.96. The minimum absolute atomic E-state index is 0.123. The Morgan fingerprint density at radius 3 is 2.76 bits per heavy atom. The number of hydrogen-bond acceptors (Lipinski definition) is 4. The van der Waals surface area contributed by atoms with Crippen LogP contribution >= 0.6 is 0 Å². The summed E-state index contributed by atoms with van der Waals surface area (Å²) >= 11 is 0. The van der Waals surface area contributed by atoms with Gasteiger partial charge in [0.2, 0.25) is 0 Å². The maximum Gasteiger partial charge on any atom is 0.121 e. The maximum absolute atomic E-state index is 9.83. The Labute approximate surface area is 152 Å². The monoisotopic (exact) mass is 347 g/mol. The summed E-state index contributed by atoms with van der Waals surface area (Å²) in [5.41, 5.74) is 2.49. The van der Waals surface area contributed by atoms with Gasteiger partial charge >= 0.3 is 0 Å². The van der Waals surface area contributed by atoms with Gasteiger partial charge in [0.25, 0.3) is 0 Å². The Bertz CT molecular complexity index is 548. The van der Waals surface area contributed by atoms with Crippen molar-refractivity contribution in [3.05, 3.63) is 29.3 Å². The van der Waals surface area contributed by atoms with Crippen molar-refractivity contribution in [2.45, 2.75) is 57.6 Å². The van der Waals surface area contributed by atoms with Crippen LogP contribution in [0, 0.1) is 12.8 Å². The number of benzene rings is 1. The second-order valence-corrected chi connectivity index (χ2v) is 7.68. The lowest BCUT2D eigenvalue weighted by Crippen LogP contribution is -2.43. The molecule has 3 rings (SSSR count). The predicted molar refractivity (Wildman–Crippen MR) is 100 cm³/mol. The summed E-state index contributed by atoms with van der Waals surface area (Å²) < 4.78 is 11.4. The van der Waals surface area contributed by atoms with E-state index in [1.54, 1.807) is 7.11 Å². The molecule has 1 aliphatic heterocycles. The fraction of sp³-hybridized carbons (Fsp3) is 0.714. The number of hydrogen-bond donors (Lipinski definition) is 1. The number of likely N-dealkylation sites (tertiary alicyclic amines) is 1. The van der Waals surface area contributed by atoms with Crippen LogP contribution in [0.1, 0.15) is 43.2 Å². The zero-order valence-corrected chi connectivity index (χ0v) is 15.7. The Hall–Kier alpha value is -1.10. The zero-order valence-electron chi connectivity index (χ0n) is 15.7. The van der Waals surface area contributed by atoms with E-state index in [4.69, 9.17) is 9.47 Å². The molecule has 4 heteroatoms. The number of β-amino-alcohol motifs (C(OH)–C–C–N with tert-alkyl or cyclic N) is 1. The van der Waals surface area contributed by atoms with Gasteiger partial charge in [-0.05, 0) is 55.7 Å². The molecule has 1 N–H and O–H groups in total. The van der Waals surface area contributed by atoms with Gasteiger partial charge in [0, 0.05) is 19.1 Å². The molecule has 0 aromatic heterocycles. The minimum Gasteiger partial charge on any atom is -0.496 e. The van der Waals surface area contributed by atoms with E-state index in [1.807, 2.05) is 6.07 Å². The second kappa shape index (κ2) is 9.02. The van der Waals surface area contributed by atoms with E-state index < -0.39 is 0 Å². The number of methoxy groups -OCH3 is 1. The average molecular weight is 347 g/mol. The van der Waals surface area contributed by atoms with Crippen LogP contribution in [0.25, 0.3) is 0 Å². The first-order chi connectivity index (χ1) is 12.2. The molecule has 0 radical (unpaired) electrons. The van der Waals surface area contributed by atoms with Gasteiger partial charge in [0.05, 0.1) is 26.4 Å². The molecule has 140 valence electrons. The van der Waals surface area contributed by atoms with Crippen molar-refractivity contribution in [3.8, 4) is 5.75 Å². The Balaban J connectivity index is 1.44. The van der Waals surface area contributed by atoms with Gasteiger partial charge in [-0.15, -0.1) is 0 Å². The van der Waals surface area contributed by atoms with E-state index in [9.17, 15) is 5.11 Å². The molecule has 1 saturated carbocycles. The number of aliphatic hydroxyl groups is 1. The summed E-state index contributed by atoms with van der Waals surface area (Å²) in [5, 5.41) is 9.83. The van der Waals surface area contributed by atoms with Gasteiger partial charge in [0.1, 0.15) is 5.75 Å². The van der Waals surface area contributed by atoms with E-state index in [0.29, 0.717) is 12.0 Å². The molecule has 0 amide bonds. The first-order valence-corrected chi connectivity index (χ1v) is 9.80. The van der Waals surface area contributed by atoms with Crippen LogP contribution in [0.3, 0.4) is 0 Å². The van der Waals surface area contributed by atoms with E-state index in [1.165, 1.54) is 36.8 Å². The Kier molecular flexibility index (Phi) is 6.74. The van der Waals surface area contributed by atoms with Crippen molar-refractivity contribution in [2.75, 3.05) is 33.4 Å². The van der Waals surface area contributed by atoms with Crippen molar-refractivity contribution in [1.29, 1.82) is 0 Å². The molecule has 0 spiro atoms. The van der Waals surface area contributed by atoms with Gasteiger partial charge in [0.15, 0.2) is 0 Å². The number of aliphatic hydroxyl groups excluding tert-OH is 1. The summed E-state index contributed by atoms with van der Waals surface area (Å²) in [4.78, 5) is 2.50. The topological polar surface area (TPSA) is 41.9 Å². The van der Waals surface area contributed by atoms with E-state index in [2.05, 4.69) is 24.0 Å². The highest BCUT2D eigenvalue weighted by atomic mass is 16.5. The van der Waals surface area contributed by atoms with Crippen molar-refractivity contribution in [1.82, 2.24) is 4.90 Å². The fourth-order valence-corrected chi connectivity index (χ4v) is 4.45. The molecule has 2 fully saturated rings. The highest BCUT2D eigenvalue weighted by Gasteiger charge is 2.33. The van der Waals surface area contributed by atoms with E-state index in [-0.39, 0.29) is 6.10 Å². The molecule has 1 unspecified atom stereocenters. The van der Waals surface area contributed by atoms with Crippen LogP contribution in [0.4, 0.5) is 0 Å². The van der Waals surface area contributed by atoms with Crippen LogP contribution in [0.2, 0.25) is 0 Å². The molecule has 3 atom stereocenters. The molecule has 2 aliphatic rings. The number of aryl methyl sites for hydroxylation is 1. The molecule has 4 nitrogen and oxygen atoms in total. The van der Waals surface area contributed by atoms with Crippen LogP contribution in [0.15, 0.2) is 18.2 Å². The van der Waals surface area contributed by atoms with E-state index in [0.717, 1.165) is 44.9 Å². The molecule has 1 saturated heterocycles. The molecule has 0 bridgehead atoms. The summed E-state index contributed by atoms with van der Waals surface area (Å²) in [6.07, 6.45) is 6.92. The maximum atomic E-state index is 9.83. The molecular formula is C21H33NO3. The third-order valence-electron chi connectivity index (χ3n) is 5.86. The second-order valence-electron chi connectivity index (χ2n) is 7.68. The number of ether oxygens (including phenoxy) is 2. The molecule has 1 aliphatic carbocycles. The van der Waals surface area contributed by atoms with Gasteiger partial charge in [-0.2, -0.15) is 0 Å². The zero-order chi connectivity index (χ0) is 17.6. The van der Waals surface area contributed by atoms with Crippen LogP contribution < -0.4 is 4.74 Å². The van der Waals surface area contributed by atoms with Crippen molar-refractivity contribution in [2.24, 2.45) is 5.92 Å². The normalized spacial score (nSPS) is 27.6. The van der Waals surface area contributed by atoms with Crippen LogP contribution in [-0.4, -0.2) is 55.6 Å². The first kappa shape index (κ1) is 18.7. The highest BCUT2D eigenvalue weighted by Crippen LogP contribution is 2.31. The summed E-state index contributed by atoms with van der Waals surface area (Å²) in [5.74, 6) is 1.57. The lowest BCUT2D eigenvalue weighted by atomic mass is 9.84. The van der Waals surface area contributed by atoms with Gasteiger partial charge in [-0.25, -0.2) is 0 Å². The lowest BCUT2D eigenvalue weighted by Gasteiger charge is -2.37. The first-order valence-electron chi connectivity index (χ1n) is 9.80. The molecular weight excluding hydrogens is 314 g/mol. The lowest BCUT2D eigenvalue weighted by molar-refractivity contribution is 0.0320. The SMILES string of the molecule is COc1ccc(CCOCC2CCCC[C@H]2N2CC[C@@H](O)C2)cc1C. The molecule has 1 heterocycles. The van der Waals surface area contributed by atoms with Crippen molar-refractivity contribution in [3.63, 3.8) is 0 Å². The summed E-state index contributed by atoms with van der Waals surface area (Å²) in [6.45, 7) is 5.62. The summed E-state index contributed by atoms with van der Waals surface area (Å²) in [6, 6.07) is 6.97. The van der Waals surface area contributed by atoms with Gasteiger partial charge in [-0.3, -0.25) is 4.90 Å². The standard InChI is InChI=1S/C21H33NO3/c1-16-13-17(7-8-21(16)24-2)10-12-25-15-18-5-3-4-6-20(18)22-11-9-19(23)14-22/h7-8,13,18-20,23H,3-6,9-12,14-15H2,1-2H3/t18?,19-,20-/m1/s1. The smallest absolute Gasteiger partial charge is 0.121 e. The number of nitrogens with zero attached hydrogens (tertiary/aromatic N) is 1. The molecule has 1 aromatic carbocycles. The van der Waals surface area contributed by atoms with Crippen LogP contribution in [-0.2, 0) is 11.2 Å². The predicted octanol–water partition coefficient (Wildman–Crippen LogP) is 3.19. The molecule has 25 heavy (non-hydrogen) atoms. The summed E-state index contributed by atoms with van der Waals surface area (Å²) in [7, 11) is 1.71. The van der Waals surface area contributed by atoms with Crippen molar-refractivity contribution < 1.29 is 14.6 Å². The largest absolute Gasteiger partial charge is 0.496 e. The molecule has 1 aromatic rings. The van der Waals surface area contributed by atoms with Crippen molar-refractivity contribution >= 4 is 0 Å². The highest BCUT2D eigenvalue weighted by molar-refractivity contribution is 5.36. The number of rotatable bonds is 7. The third-order valence-corrected chi connectivity index (χ3v) is 5.86. The van der Waals surface area contributed by atoms with Gasteiger partial charge < -0.3 is 14.6 Å². The van der Waals surface area contributed by atoms with Crippen LogP contribution in [0.5, 0.6) is 5.75 Å². The van der Waals surface area contributed by atoms with Gasteiger partial charge in [-0.1, -0.05) is 25.0 Å². The average Bonchev–Trinajstić information content (AvgIpc) is 3.05. The van der Waals surface area contributed by atoms with E-state index >= 15 is 0 Å². The quantitative estimate of drug-likeness (QED) is 0.769. The fourth-order valence-electron chi connectivity index (χ4n) is 4.45. The Morgan fingerprint density at radius 2 is 2.04 bits per heavy atom. The minimum atomic E-state index is -0.123. The Morgan fingerprint density at radius 1 is 1.20 bits per heavy atom.